The topological polar surface area (TPSA) is 74.2 Å². The van der Waals surface area contributed by atoms with Crippen LogP contribution in [-0.4, -0.2) is 52.2 Å². The zero-order valence-corrected chi connectivity index (χ0v) is 17.0. The van der Waals surface area contributed by atoms with E-state index in [9.17, 15) is 4.79 Å². The maximum Gasteiger partial charge on any atom is 0.256 e. The molecular weight excluding hydrogens is 419 g/mol. The number of piperazine rings is 1. The van der Waals surface area contributed by atoms with Crippen molar-refractivity contribution in [1.82, 2.24) is 20.1 Å². The summed E-state index contributed by atoms with van der Waals surface area (Å²) in [5, 5.41) is 11.7. The van der Waals surface area contributed by atoms with Crippen LogP contribution in [0, 0.1) is 0 Å². The van der Waals surface area contributed by atoms with Gasteiger partial charge >= 0.3 is 0 Å². The van der Waals surface area contributed by atoms with Crippen LogP contribution in [0.25, 0.3) is 0 Å². The molecule has 7 nitrogen and oxygen atoms in total. The van der Waals surface area contributed by atoms with Crippen LogP contribution in [0.5, 0.6) is 0 Å². The Labute approximate surface area is 175 Å². The number of thiophene rings is 1. The van der Waals surface area contributed by atoms with E-state index in [1.807, 2.05) is 24.3 Å². The molecule has 1 amide bonds. The van der Waals surface area contributed by atoms with Crippen LogP contribution < -0.4 is 10.2 Å². The van der Waals surface area contributed by atoms with E-state index in [4.69, 9.17) is 23.2 Å². The van der Waals surface area contributed by atoms with E-state index >= 15 is 0 Å². The Hall–Kier alpha value is -2.42. The zero-order chi connectivity index (χ0) is 19.5. The van der Waals surface area contributed by atoms with E-state index in [2.05, 4.69) is 25.4 Å². The minimum atomic E-state index is -0.0872. The molecule has 28 heavy (non-hydrogen) atoms. The molecule has 4 rings (SSSR count). The number of pyridine rings is 1. The quantitative estimate of drug-likeness (QED) is 0.669. The Morgan fingerprint density at radius 3 is 2.39 bits per heavy atom. The van der Waals surface area contributed by atoms with Crippen molar-refractivity contribution in [2.45, 2.75) is 0 Å². The van der Waals surface area contributed by atoms with Gasteiger partial charge in [0.25, 0.3) is 5.91 Å². The predicted octanol–water partition coefficient (Wildman–Crippen LogP) is 3.95. The van der Waals surface area contributed by atoms with Crippen molar-refractivity contribution in [1.29, 1.82) is 0 Å². The van der Waals surface area contributed by atoms with Crippen LogP contribution in [0.1, 0.15) is 10.4 Å². The highest BCUT2D eigenvalue weighted by Gasteiger charge is 2.25. The minimum Gasteiger partial charge on any atom is -0.352 e. The van der Waals surface area contributed by atoms with E-state index < -0.39 is 0 Å². The number of anilines is 3. The SMILES string of the molecule is O=C(c1cc(Cl)sc1Cl)N1CCN(c2ccc(Nc3ccncc3)nn2)CC1. The normalized spacial score (nSPS) is 14.2. The third-order valence-electron chi connectivity index (χ3n) is 4.38. The highest BCUT2D eigenvalue weighted by molar-refractivity contribution is 7.20. The molecule has 0 unspecified atom stereocenters. The van der Waals surface area contributed by atoms with Crippen molar-refractivity contribution in [3.05, 3.63) is 57.0 Å². The number of aromatic nitrogens is 3. The number of amides is 1. The van der Waals surface area contributed by atoms with Gasteiger partial charge in [-0.1, -0.05) is 23.2 Å². The van der Waals surface area contributed by atoms with Gasteiger partial charge in [0.15, 0.2) is 11.6 Å². The first kappa shape index (κ1) is 18.9. The first-order valence-electron chi connectivity index (χ1n) is 8.60. The standard InChI is InChI=1S/C18H16Cl2N6OS/c19-14-11-13(17(20)28-14)18(27)26-9-7-25(8-10-26)16-2-1-15(23-24-16)22-12-3-5-21-6-4-12/h1-6,11H,7-10H2,(H,21,22,23). The van der Waals surface area contributed by atoms with Gasteiger partial charge in [-0.25, -0.2) is 0 Å². The van der Waals surface area contributed by atoms with Gasteiger partial charge in [-0.2, -0.15) is 0 Å². The molecule has 0 atom stereocenters. The van der Waals surface area contributed by atoms with E-state index in [1.165, 1.54) is 11.3 Å². The highest BCUT2D eigenvalue weighted by Crippen LogP contribution is 2.32. The molecule has 0 spiro atoms. The second kappa shape index (κ2) is 8.30. The fourth-order valence-corrected chi connectivity index (χ4v) is 4.39. The predicted molar refractivity (Wildman–Crippen MR) is 112 cm³/mol. The summed E-state index contributed by atoms with van der Waals surface area (Å²) in [6.07, 6.45) is 3.42. The van der Waals surface area contributed by atoms with Gasteiger partial charge < -0.3 is 15.1 Å². The number of nitrogens with one attached hydrogen (secondary N) is 1. The third kappa shape index (κ3) is 4.19. The summed E-state index contributed by atoms with van der Waals surface area (Å²) in [5.74, 6) is 1.35. The van der Waals surface area contributed by atoms with Crippen molar-refractivity contribution < 1.29 is 4.79 Å². The van der Waals surface area contributed by atoms with Gasteiger partial charge in [-0.3, -0.25) is 9.78 Å². The third-order valence-corrected chi connectivity index (χ3v) is 5.87. The molecule has 10 heteroatoms. The number of rotatable bonds is 4. The molecule has 1 aliphatic rings. The average Bonchev–Trinajstić information content (AvgIpc) is 3.07. The number of carbonyl (C=O) groups excluding carboxylic acids is 1. The van der Waals surface area contributed by atoms with Gasteiger partial charge in [-0.15, -0.1) is 21.5 Å². The summed E-state index contributed by atoms with van der Waals surface area (Å²) in [5.41, 5.74) is 1.37. The maximum atomic E-state index is 12.6. The van der Waals surface area contributed by atoms with Crippen LogP contribution in [-0.2, 0) is 0 Å². The summed E-state index contributed by atoms with van der Waals surface area (Å²) < 4.78 is 0.948. The molecule has 4 heterocycles. The molecule has 1 fully saturated rings. The first-order chi connectivity index (χ1) is 13.6. The lowest BCUT2D eigenvalue weighted by molar-refractivity contribution is 0.0747. The lowest BCUT2D eigenvalue weighted by Crippen LogP contribution is -2.49. The van der Waals surface area contributed by atoms with E-state index in [0.29, 0.717) is 46.2 Å². The number of hydrogen-bond acceptors (Lipinski definition) is 7. The minimum absolute atomic E-state index is 0.0872. The smallest absolute Gasteiger partial charge is 0.256 e. The largest absolute Gasteiger partial charge is 0.352 e. The fourth-order valence-electron chi connectivity index (χ4n) is 2.94. The molecule has 144 valence electrons. The average molecular weight is 435 g/mol. The summed E-state index contributed by atoms with van der Waals surface area (Å²) in [7, 11) is 0. The Bertz CT molecular complexity index is 958. The van der Waals surface area contributed by atoms with Gasteiger partial charge in [0.05, 0.1) is 9.90 Å². The van der Waals surface area contributed by atoms with Gasteiger partial charge in [-0.05, 0) is 30.3 Å². The highest BCUT2D eigenvalue weighted by atomic mass is 35.5. The molecule has 1 saturated heterocycles. The molecule has 0 bridgehead atoms. The van der Waals surface area contributed by atoms with Gasteiger partial charge in [0, 0.05) is 44.3 Å². The Morgan fingerprint density at radius 2 is 1.79 bits per heavy atom. The van der Waals surface area contributed by atoms with Crippen LogP contribution in [0.15, 0.2) is 42.7 Å². The second-order valence-electron chi connectivity index (χ2n) is 6.15. The van der Waals surface area contributed by atoms with Crippen LogP contribution >= 0.6 is 34.5 Å². The van der Waals surface area contributed by atoms with E-state index in [0.717, 1.165) is 11.5 Å². The number of nitrogens with zero attached hydrogens (tertiary/aromatic N) is 5. The van der Waals surface area contributed by atoms with Crippen molar-refractivity contribution in [3.8, 4) is 0 Å². The summed E-state index contributed by atoms with van der Waals surface area (Å²) in [6, 6.07) is 9.15. The number of halogens is 2. The molecule has 0 aromatic carbocycles. The Kier molecular flexibility index (Phi) is 5.61. The van der Waals surface area contributed by atoms with Crippen molar-refractivity contribution in [2.75, 3.05) is 36.4 Å². The van der Waals surface area contributed by atoms with Crippen molar-refractivity contribution >= 4 is 57.8 Å². The Balaban J connectivity index is 1.36. The van der Waals surface area contributed by atoms with Crippen molar-refractivity contribution in [3.63, 3.8) is 0 Å². The lowest BCUT2D eigenvalue weighted by atomic mass is 10.2. The maximum absolute atomic E-state index is 12.6. The lowest BCUT2D eigenvalue weighted by Gasteiger charge is -2.35. The summed E-state index contributed by atoms with van der Waals surface area (Å²) in [6.45, 7) is 2.52. The van der Waals surface area contributed by atoms with E-state index in [-0.39, 0.29) is 5.91 Å². The zero-order valence-electron chi connectivity index (χ0n) is 14.7. The molecule has 3 aromatic rings. The van der Waals surface area contributed by atoms with Gasteiger partial charge in [0.2, 0.25) is 0 Å². The van der Waals surface area contributed by atoms with Crippen LogP contribution in [0.2, 0.25) is 8.67 Å². The molecule has 0 aliphatic carbocycles. The van der Waals surface area contributed by atoms with Crippen LogP contribution in [0.3, 0.4) is 0 Å². The molecule has 1 N–H and O–H groups in total. The van der Waals surface area contributed by atoms with E-state index in [1.54, 1.807) is 23.4 Å². The first-order valence-corrected chi connectivity index (χ1v) is 10.2. The van der Waals surface area contributed by atoms with Crippen LogP contribution in [0.4, 0.5) is 17.3 Å². The Morgan fingerprint density at radius 1 is 1.04 bits per heavy atom. The molecule has 0 radical (unpaired) electrons. The summed E-state index contributed by atoms with van der Waals surface area (Å²) in [4.78, 5) is 20.5. The van der Waals surface area contributed by atoms with Gasteiger partial charge in [0.1, 0.15) is 4.34 Å². The molecule has 1 aliphatic heterocycles. The monoisotopic (exact) mass is 434 g/mol. The number of carbonyl (C=O) groups is 1. The molecular formula is C18H16Cl2N6OS. The second-order valence-corrected chi connectivity index (χ2v) is 8.44. The fraction of sp³-hybridized carbons (Fsp3) is 0.222. The molecule has 0 saturated carbocycles. The number of hydrogen-bond donors (Lipinski definition) is 1. The summed E-state index contributed by atoms with van der Waals surface area (Å²) >= 11 is 13.3. The molecule has 3 aromatic heterocycles. The van der Waals surface area contributed by atoms with Crippen molar-refractivity contribution in [2.24, 2.45) is 0 Å².